The van der Waals surface area contributed by atoms with Crippen LogP contribution in [0.25, 0.3) is 0 Å². The van der Waals surface area contributed by atoms with Gasteiger partial charge in [-0.1, -0.05) is 75.2 Å². The van der Waals surface area contributed by atoms with Crippen LogP contribution in [0.15, 0.2) is 60.7 Å². The van der Waals surface area contributed by atoms with Crippen LogP contribution in [0.4, 0.5) is 4.39 Å². The molecule has 2 aromatic carbocycles. The molecule has 1 saturated carbocycles. The van der Waals surface area contributed by atoms with E-state index in [9.17, 15) is 9.18 Å². The van der Waals surface area contributed by atoms with Gasteiger partial charge < -0.3 is 15.3 Å². The molecule has 5 rings (SSSR count). The molecular weight excluding hydrogens is 533 g/mol. The highest BCUT2D eigenvalue weighted by atomic mass is 32.1. The minimum Gasteiger partial charge on any atom is -0.480 e. The van der Waals surface area contributed by atoms with Gasteiger partial charge in [-0.3, -0.25) is 4.79 Å². The van der Waals surface area contributed by atoms with Gasteiger partial charge in [-0.05, 0) is 88.2 Å². The van der Waals surface area contributed by atoms with Gasteiger partial charge in [0.05, 0.1) is 10.7 Å². The topological polar surface area (TPSA) is 65.5 Å². The summed E-state index contributed by atoms with van der Waals surface area (Å²) in [5.41, 5.74) is 2.65. The largest absolute Gasteiger partial charge is 0.480 e. The fourth-order valence-corrected chi connectivity index (χ4v) is 7.05. The number of halogens is 1. The van der Waals surface area contributed by atoms with E-state index in [2.05, 4.69) is 47.5 Å². The molecule has 0 bridgehead atoms. The van der Waals surface area contributed by atoms with Crippen LogP contribution in [0.5, 0.6) is 0 Å². The van der Waals surface area contributed by atoms with Gasteiger partial charge in [0.1, 0.15) is 11.9 Å². The van der Waals surface area contributed by atoms with Crippen molar-refractivity contribution >= 4 is 17.3 Å². The van der Waals surface area contributed by atoms with Crippen LogP contribution < -0.4 is 5.32 Å². The van der Waals surface area contributed by atoms with Gasteiger partial charge in [-0.2, -0.15) is 0 Å². The maximum absolute atomic E-state index is 11.9. The highest BCUT2D eigenvalue weighted by Gasteiger charge is 2.26. The number of hydrogen-bond acceptors (Lipinski definition) is 5. The number of carboxylic acids is 1. The van der Waals surface area contributed by atoms with Crippen LogP contribution in [0.3, 0.4) is 0 Å². The number of nitrogens with zero attached hydrogens (tertiary/aromatic N) is 2. The van der Waals surface area contributed by atoms with Gasteiger partial charge in [-0.25, -0.2) is 9.37 Å². The summed E-state index contributed by atoms with van der Waals surface area (Å²) in [7, 11) is 1.65. The van der Waals surface area contributed by atoms with Gasteiger partial charge in [0.2, 0.25) is 0 Å². The zero-order chi connectivity index (χ0) is 29.6. The lowest BCUT2D eigenvalue weighted by molar-refractivity contribution is -0.140. The number of carboxylic acid groups (broad SMARTS) is 1. The molecule has 2 N–H and O–H groups in total. The second-order valence-electron chi connectivity index (χ2n) is 11.6. The lowest BCUT2D eigenvalue weighted by atomic mass is 9.93. The average Bonchev–Trinajstić information content (AvgIpc) is 3.60. The van der Waals surface area contributed by atoms with Gasteiger partial charge in [0.25, 0.3) is 0 Å². The number of carbonyl (C=O) groups is 1. The van der Waals surface area contributed by atoms with E-state index in [1.54, 1.807) is 30.1 Å². The lowest BCUT2D eigenvalue weighted by Crippen LogP contribution is -2.38. The van der Waals surface area contributed by atoms with Crippen molar-refractivity contribution in [3.05, 3.63) is 87.6 Å². The molecule has 1 aliphatic carbocycles. The third kappa shape index (κ3) is 11.3. The number of aryl methyl sites for hydroxylation is 1. The molecule has 5 nitrogen and oxygen atoms in total. The smallest absolute Gasteiger partial charge is 0.320 e. The molecule has 3 aromatic rings. The van der Waals surface area contributed by atoms with E-state index in [1.807, 2.05) is 25.2 Å². The molecule has 1 unspecified atom stereocenters. The average molecular weight is 582 g/mol. The minimum absolute atomic E-state index is 0.146. The maximum Gasteiger partial charge on any atom is 0.320 e. The highest BCUT2D eigenvalue weighted by molar-refractivity contribution is 7.11. The zero-order valence-electron chi connectivity index (χ0n) is 25.2. The Hall–Kier alpha value is -2.61. The van der Waals surface area contributed by atoms with E-state index < -0.39 is 12.0 Å². The molecule has 7 heteroatoms. The molecule has 2 aliphatic rings. The van der Waals surface area contributed by atoms with Crippen molar-refractivity contribution in [3.8, 4) is 0 Å². The molecular formula is C34H48FN3O2S. The first kappa shape index (κ1) is 32.9. The van der Waals surface area contributed by atoms with Crippen molar-refractivity contribution < 1.29 is 14.3 Å². The van der Waals surface area contributed by atoms with Crippen molar-refractivity contribution in [2.45, 2.75) is 77.7 Å². The van der Waals surface area contributed by atoms with E-state index in [0.29, 0.717) is 0 Å². The van der Waals surface area contributed by atoms with Crippen LogP contribution in [0.2, 0.25) is 0 Å². The molecule has 0 spiro atoms. The normalized spacial score (nSPS) is 16.9. The van der Waals surface area contributed by atoms with Crippen molar-refractivity contribution in [2.75, 3.05) is 26.7 Å². The lowest BCUT2D eigenvalue weighted by Gasteiger charge is -2.33. The number of likely N-dealkylation sites (N-methyl/N-ethyl adjacent to an activating group) is 1. The van der Waals surface area contributed by atoms with E-state index in [-0.39, 0.29) is 11.7 Å². The van der Waals surface area contributed by atoms with Gasteiger partial charge in [-0.15, -0.1) is 11.3 Å². The number of thiazole rings is 1. The standard InChI is InChI=1S/C22H30N2S.C6H5F.C6H13NO2/c1-17-22(25-21(23-17)15-18-7-3-2-4-8-18)20-11-13-24(14-12-20)16-19-9-5-6-10-19;7-6-4-2-1-3-5-6;1-4(2)5(7-3)6(8)9/h2-4,7-8,19-20H,5-6,9-16H2,1H3;1-5H;4-5,7H,1-3H3,(H,8,9). The summed E-state index contributed by atoms with van der Waals surface area (Å²) in [6, 6.07) is 18.3. The summed E-state index contributed by atoms with van der Waals surface area (Å²) >= 11 is 1.97. The molecule has 1 aliphatic heterocycles. The second kappa shape index (κ2) is 17.4. The minimum atomic E-state index is -0.785. The molecule has 0 radical (unpaired) electrons. The quantitative estimate of drug-likeness (QED) is 0.288. The molecule has 1 aromatic heterocycles. The van der Waals surface area contributed by atoms with E-state index in [1.165, 1.54) is 86.6 Å². The second-order valence-corrected chi connectivity index (χ2v) is 12.7. The Morgan fingerprint density at radius 1 is 1.02 bits per heavy atom. The summed E-state index contributed by atoms with van der Waals surface area (Å²) < 4.78 is 11.9. The maximum atomic E-state index is 11.9. The van der Waals surface area contributed by atoms with Gasteiger partial charge in [0, 0.05) is 17.8 Å². The Labute approximate surface area is 250 Å². The Morgan fingerprint density at radius 2 is 1.61 bits per heavy atom. The number of likely N-dealkylation sites (tertiary alicyclic amines) is 1. The predicted octanol–water partition coefficient (Wildman–Crippen LogP) is 7.55. The SMILES string of the molecule is CNC(C(=O)O)C(C)C.Cc1nc(Cc2ccccc2)sc1C1CCN(CC2CCCC2)CC1.Fc1ccccc1. The van der Waals surface area contributed by atoms with Crippen LogP contribution in [0.1, 0.15) is 79.4 Å². The van der Waals surface area contributed by atoms with Crippen molar-refractivity contribution in [1.82, 2.24) is 15.2 Å². The van der Waals surface area contributed by atoms with Crippen LogP contribution in [0, 0.1) is 24.6 Å². The first-order valence-corrected chi connectivity index (χ1v) is 15.9. The van der Waals surface area contributed by atoms with Crippen LogP contribution in [-0.4, -0.2) is 53.7 Å². The molecule has 0 amide bonds. The summed E-state index contributed by atoms with van der Waals surface area (Å²) in [4.78, 5) is 19.5. The molecule has 2 fully saturated rings. The number of aromatic nitrogens is 1. The third-order valence-electron chi connectivity index (χ3n) is 8.00. The fraction of sp³-hybridized carbons (Fsp3) is 0.529. The van der Waals surface area contributed by atoms with E-state index in [0.717, 1.165) is 18.3 Å². The van der Waals surface area contributed by atoms with Crippen molar-refractivity contribution in [2.24, 2.45) is 11.8 Å². The number of aliphatic carboxylic acids is 1. The number of piperidine rings is 1. The monoisotopic (exact) mass is 581 g/mol. The molecule has 41 heavy (non-hydrogen) atoms. The first-order chi connectivity index (χ1) is 19.8. The van der Waals surface area contributed by atoms with E-state index >= 15 is 0 Å². The molecule has 1 atom stereocenters. The van der Waals surface area contributed by atoms with Crippen molar-refractivity contribution in [1.29, 1.82) is 0 Å². The summed E-state index contributed by atoms with van der Waals surface area (Å²) in [6.07, 6.45) is 9.48. The van der Waals surface area contributed by atoms with Crippen LogP contribution >= 0.6 is 11.3 Å². The Kier molecular flexibility index (Phi) is 13.9. The van der Waals surface area contributed by atoms with Gasteiger partial charge >= 0.3 is 5.97 Å². The Bertz CT molecular complexity index is 1140. The first-order valence-electron chi connectivity index (χ1n) is 15.1. The number of benzene rings is 2. The summed E-state index contributed by atoms with van der Waals surface area (Å²) in [6.45, 7) is 9.88. The van der Waals surface area contributed by atoms with E-state index in [4.69, 9.17) is 10.1 Å². The predicted molar refractivity (Wildman–Crippen MR) is 168 cm³/mol. The number of hydrogen-bond donors (Lipinski definition) is 2. The Balaban J connectivity index is 0.000000237. The highest BCUT2D eigenvalue weighted by Crippen LogP contribution is 2.36. The molecule has 2 heterocycles. The van der Waals surface area contributed by atoms with Crippen LogP contribution in [-0.2, 0) is 11.2 Å². The molecule has 224 valence electrons. The summed E-state index contributed by atoms with van der Waals surface area (Å²) in [5.74, 6) is 0.906. The Morgan fingerprint density at radius 3 is 2.07 bits per heavy atom. The molecule has 1 saturated heterocycles. The zero-order valence-corrected chi connectivity index (χ0v) is 26.0. The fourth-order valence-electron chi connectivity index (χ4n) is 5.78. The number of nitrogens with one attached hydrogen (secondary N) is 1. The number of rotatable bonds is 8. The van der Waals surface area contributed by atoms with Gasteiger partial charge in [0.15, 0.2) is 0 Å². The summed E-state index contributed by atoms with van der Waals surface area (Å²) in [5, 5.41) is 12.5. The third-order valence-corrected chi connectivity index (χ3v) is 9.32. The van der Waals surface area contributed by atoms with Crippen molar-refractivity contribution in [3.63, 3.8) is 0 Å².